The van der Waals surface area contributed by atoms with Crippen LogP contribution in [0.1, 0.15) is 38.2 Å². The van der Waals surface area contributed by atoms with Crippen LogP contribution in [0.3, 0.4) is 0 Å². The third kappa shape index (κ3) is 2.64. The quantitative estimate of drug-likeness (QED) is 0.770. The maximum atomic E-state index is 6.28. The second-order valence-electron chi connectivity index (χ2n) is 7.45. The summed E-state index contributed by atoms with van der Waals surface area (Å²) in [7, 11) is 0. The number of hydrogen-bond donors (Lipinski definition) is 1. The molecule has 6 heteroatoms. The Morgan fingerprint density at radius 1 is 1.24 bits per heavy atom. The second-order valence-corrected chi connectivity index (χ2v) is 8.34. The molecule has 5 nitrogen and oxygen atoms in total. The lowest BCUT2D eigenvalue weighted by Gasteiger charge is -2.31. The molecule has 0 aliphatic carbocycles. The smallest absolute Gasteiger partial charge is 0.298 e. The number of nitrogens with one attached hydrogen (secondary N) is 1. The lowest BCUT2D eigenvalue weighted by molar-refractivity contribution is 0.437. The number of fused-ring (bicyclic) bond motifs is 3. The van der Waals surface area contributed by atoms with Gasteiger partial charge in [-0.3, -0.25) is 0 Å². The number of benzene rings is 1. The van der Waals surface area contributed by atoms with Crippen LogP contribution in [0.2, 0.25) is 0 Å². The highest BCUT2D eigenvalue weighted by Crippen LogP contribution is 2.36. The number of nitrogens with zero attached hydrogens (tertiary/aromatic N) is 3. The molecule has 130 valence electrons. The van der Waals surface area contributed by atoms with Crippen molar-refractivity contribution in [3.05, 3.63) is 29.3 Å². The molecule has 5 rings (SSSR count). The van der Waals surface area contributed by atoms with Crippen molar-refractivity contribution in [1.29, 1.82) is 0 Å². The molecule has 1 N–H and O–H groups in total. The van der Waals surface area contributed by atoms with Gasteiger partial charge in [-0.1, -0.05) is 13.8 Å². The Labute approximate surface area is 151 Å². The van der Waals surface area contributed by atoms with Crippen LogP contribution in [-0.4, -0.2) is 35.1 Å². The van der Waals surface area contributed by atoms with E-state index in [2.05, 4.69) is 41.2 Å². The van der Waals surface area contributed by atoms with E-state index in [-0.39, 0.29) is 0 Å². The highest BCUT2D eigenvalue weighted by molar-refractivity contribution is 7.13. The number of oxazole rings is 1. The van der Waals surface area contributed by atoms with Crippen molar-refractivity contribution in [1.82, 2.24) is 15.3 Å². The first-order chi connectivity index (χ1) is 12.2. The van der Waals surface area contributed by atoms with E-state index in [9.17, 15) is 0 Å². The molecule has 25 heavy (non-hydrogen) atoms. The number of anilines is 1. The van der Waals surface area contributed by atoms with Gasteiger partial charge < -0.3 is 14.6 Å². The second kappa shape index (κ2) is 5.81. The summed E-state index contributed by atoms with van der Waals surface area (Å²) < 4.78 is 6.28. The van der Waals surface area contributed by atoms with Crippen LogP contribution < -0.4 is 10.2 Å². The van der Waals surface area contributed by atoms with Crippen molar-refractivity contribution in [2.45, 2.75) is 44.7 Å². The van der Waals surface area contributed by atoms with Crippen LogP contribution in [0.25, 0.3) is 21.7 Å². The predicted molar refractivity (Wildman–Crippen MR) is 101 cm³/mol. The summed E-state index contributed by atoms with van der Waals surface area (Å²) in [4.78, 5) is 11.7. The molecule has 2 fully saturated rings. The Morgan fingerprint density at radius 2 is 2.04 bits per heavy atom. The largest absolute Gasteiger partial charge is 0.423 e. The first-order valence-electron chi connectivity index (χ1n) is 9.02. The molecule has 2 aliphatic rings. The molecule has 0 spiro atoms. The summed E-state index contributed by atoms with van der Waals surface area (Å²) in [6.45, 7) is 6.38. The van der Waals surface area contributed by atoms with Gasteiger partial charge in [0.25, 0.3) is 6.01 Å². The molecule has 0 saturated carbocycles. The molecule has 2 saturated heterocycles. The molecule has 3 aromatic rings. The molecular weight excluding hydrogens is 332 g/mol. The van der Waals surface area contributed by atoms with E-state index >= 15 is 0 Å². The minimum atomic E-state index is 0.443. The minimum Gasteiger partial charge on any atom is -0.423 e. The van der Waals surface area contributed by atoms with Gasteiger partial charge in [-0.05, 0) is 36.5 Å². The van der Waals surface area contributed by atoms with Gasteiger partial charge in [-0.25, -0.2) is 4.98 Å². The molecule has 2 unspecified atom stereocenters. The van der Waals surface area contributed by atoms with Gasteiger partial charge in [0.05, 0.1) is 5.56 Å². The monoisotopic (exact) mass is 354 g/mol. The Morgan fingerprint density at radius 3 is 2.72 bits per heavy atom. The van der Waals surface area contributed by atoms with Crippen molar-refractivity contribution in [3.63, 3.8) is 0 Å². The van der Waals surface area contributed by atoms with Crippen molar-refractivity contribution >= 4 is 28.5 Å². The number of piperazine rings is 1. The molecule has 1 aromatic carbocycles. The average Bonchev–Trinajstić information content (AvgIpc) is 3.33. The first-order valence-corrected chi connectivity index (χ1v) is 9.90. The standard InChI is InChI=1S/C19H22N4OS/c1-11(2)12-7-15(18-20-5-6-25-18)17-16(8-12)22-19(24-17)23-9-13-3-4-14(10-23)21-13/h5-8,11,13-14,21H,3-4,9-10H2,1-2H3. The van der Waals surface area contributed by atoms with Crippen LogP contribution in [0.15, 0.2) is 28.1 Å². The summed E-state index contributed by atoms with van der Waals surface area (Å²) in [5.74, 6) is 0.443. The average molecular weight is 354 g/mol. The first kappa shape index (κ1) is 15.3. The lowest BCUT2D eigenvalue weighted by Crippen LogP contribution is -2.51. The van der Waals surface area contributed by atoms with E-state index in [0.717, 1.165) is 40.8 Å². The Hall–Kier alpha value is -1.92. The molecular formula is C19H22N4OS. The molecule has 0 amide bonds. The van der Waals surface area contributed by atoms with Gasteiger partial charge in [-0.2, -0.15) is 4.98 Å². The van der Waals surface area contributed by atoms with Gasteiger partial charge in [-0.15, -0.1) is 11.3 Å². The highest BCUT2D eigenvalue weighted by atomic mass is 32.1. The topological polar surface area (TPSA) is 54.2 Å². The van der Waals surface area contributed by atoms with Gasteiger partial charge in [0.2, 0.25) is 0 Å². The van der Waals surface area contributed by atoms with Crippen molar-refractivity contribution in [2.75, 3.05) is 18.0 Å². The molecule has 2 atom stereocenters. The molecule has 2 bridgehead atoms. The maximum absolute atomic E-state index is 6.28. The Kier molecular flexibility index (Phi) is 3.57. The maximum Gasteiger partial charge on any atom is 0.298 e. The number of hydrogen-bond acceptors (Lipinski definition) is 6. The summed E-state index contributed by atoms with van der Waals surface area (Å²) >= 11 is 1.64. The van der Waals surface area contributed by atoms with Crippen LogP contribution in [0, 0.1) is 0 Å². The number of rotatable bonds is 3. The van der Waals surface area contributed by atoms with Gasteiger partial charge in [0.1, 0.15) is 10.5 Å². The normalized spacial score (nSPS) is 23.1. The van der Waals surface area contributed by atoms with E-state index in [0.29, 0.717) is 18.0 Å². The minimum absolute atomic E-state index is 0.443. The van der Waals surface area contributed by atoms with Crippen molar-refractivity contribution < 1.29 is 4.42 Å². The SMILES string of the molecule is CC(C)c1cc(-c2nccs2)c2oc(N3CC4CCC(C3)N4)nc2c1. The van der Waals surface area contributed by atoms with Crippen LogP contribution in [0.5, 0.6) is 0 Å². The summed E-state index contributed by atoms with van der Waals surface area (Å²) in [5.41, 5.74) is 4.14. The van der Waals surface area contributed by atoms with E-state index in [1.807, 2.05) is 11.6 Å². The van der Waals surface area contributed by atoms with E-state index in [1.54, 1.807) is 11.3 Å². The van der Waals surface area contributed by atoms with E-state index < -0.39 is 0 Å². The Bertz CT molecular complexity index is 890. The number of aromatic nitrogens is 2. The van der Waals surface area contributed by atoms with Crippen LogP contribution in [0.4, 0.5) is 6.01 Å². The van der Waals surface area contributed by atoms with Crippen LogP contribution in [-0.2, 0) is 0 Å². The van der Waals surface area contributed by atoms with E-state index in [4.69, 9.17) is 9.40 Å². The third-order valence-electron chi connectivity index (χ3n) is 5.32. The Balaban J connectivity index is 1.62. The van der Waals surface area contributed by atoms with Gasteiger partial charge in [0.15, 0.2) is 5.58 Å². The summed E-state index contributed by atoms with van der Waals surface area (Å²) in [6, 6.07) is 6.27. The fraction of sp³-hybridized carbons (Fsp3) is 0.474. The zero-order valence-electron chi connectivity index (χ0n) is 14.5. The van der Waals surface area contributed by atoms with E-state index in [1.165, 1.54) is 18.4 Å². The summed E-state index contributed by atoms with van der Waals surface area (Å²) in [5, 5.41) is 6.67. The molecule has 0 radical (unpaired) electrons. The van der Waals surface area contributed by atoms with Crippen molar-refractivity contribution in [3.8, 4) is 10.6 Å². The third-order valence-corrected chi connectivity index (χ3v) is 6.12. The zero-order chi connectivity index (χ0) is 17.0. The molecule has 2 aromatic heterocycles. The van der Waals surface area contributed by atoms with Gasteiger partial charge in [0, 0.05) is 36.8 Å². The fourth-order valence-corrected chi connectivity index (χ4v) is 4.63. The lowest BCUT2D eigenvalue weighted by atomic mass is 10.00. The van der Waals surface area contributed by atoms with Crippen LogP contribution >= 0.6 is 11.3 Å². The van der Waals surface area contributed by atoms with Crippen molar-refractivity contribution in [2.24, 2.45) is 0 Å². The van der Waals surface area contributed by atoms with Gasteiger partial charge >= 0.3 is 0 Å². The predicted octanol–water partition coefficient (Wildman–Crippen LogP) is 4.02. The molecule has 2 aliphatic heterocycles. The summed E-state index contributed by atoms with van der Waals surface area (Å²) in [6.07, 6.45) is 4.35. The zero-order valence-corrected chi connectivity index (χ0v) is 15.3. The molecule has 4 heterocycles. The highest BCUT2D eigenvalue weighted by Gasteiger charge is 2.34. The fourth-order valence-electron chi connectivity index (χ4n) is 3.98. The number of thiazole rings is 1.